The Morgan fingerprint density at radius 1 is 0.933 bits per heavy atom. The minimum absolute atomic E-state index is 0.258. The average Bonchev–Trinajstić information content (AvgIpc) is 2.72. The summed E-state index contributed by atoms with van der Waals surface area (Å²) < 4.78 is 6.24. The van der Waals surface area contributed by atoms with Gasteiger partial charge in [-0.05, 0) is 91.7 Å². The molecule has 0 spiro atoms. The Morgan fingerprint density at radius 2 is 1.50 bits per heavy atom. The summed E-state index contributed by atoms with van der Waals surface area (Å²) in [5.41, 5.74) is 2.41. The fourth-order valence-corrected chi connectivity index (χ4v) is 6.61. The molecule has 4 saturated carbocycles. The van der Waals surface area contributed by atoms with Crippen LogP contribution in [-0.2, 0) is 6.42 Å². The van der Waals surface area contributed by atoms with Crippen LogP contribution in [0.1, 0.15) is 66.1 Å². The van der Waals surface area contributed by atoms with Gasteiger partial charge in [0.25, 0.3) is 0 Å². The Bertz CT molecular complexity index is 864. The third-order valence-electron chi connectivity index (χ3n) is 7.60. The maximum absolute atomic E-state index is 11.0. The Hall–Kier alpha value is -2.33. The van der Waals surface area contributed by atoms with E-state index in [1.54, 1.807) is 24.3 Å². The van der Waals surface area contributed by atoms with Gasteiger partial charge in [-0.2, -0.15) is 0 Å². The van der Waals surface area contributed by atoms with Crippen molar-refractivity contribution in [1.82, 2.24) is 0 Å². The monoisotopic (exact) mass is 406 g/mol. The molecule has 2 aromatic rings. The molecule has 0 saturated heterocycles. The number of benzene rings is 2. The fourth-order valence-electron chi connectivity index (χ4n) is 6.61. The van der Waals surface area contributed by atoms with Crippen LogP contribution in [0.15, 0.2) is 48.5 Å². The van der Waals surface area contributed by atoms with E-state index in [4.69, 9.17) is 9.84 Å². The van der Waals surface area contributed by atoms with E-state index in [9.17, 15) is 9.90 Å². The summed E-state index contributed by atoms with van der Waals surface area (Å²) in [6.45, 7) is 0.828. The summed E-state index contributed by atoms with van der Waals surface area (Å²) in [5.74, 6) is 2.74. The van der Waals surface area contributed by atoms with E-state index in [1.165, 1.54) is 38.5 Å². The van der Waals surface area contributed by atoms with Gasteiger partial charge < -0.3 is 14.9 Å². The van der Waals surface area contributed by atoms with E-state index in [1.807, 2.05) is 24.3 Å². The molecule has 4 bridgehead atoms. The summed E-state index contributed by atoms with van der Waals surface area (Å²) in [5, 5.41) is 19.6. The van der Waals surface area contributed by atoms with Crippen molar-refractivity contribution < 1.29 is 19.7 Å². The zero-order chi connectivity index (χ0) is 20.7. The lowest BCUT2D eigenvalue weighted by atomic mass is 9.50. The number of aliphatic hydroxyl groups excluding tert-OH is 1. The van der Waals surface area contributed by atoms with E-state index in [2.05, 4.69) is 0 Å². The van der Waals surface area contributed by atoms with E-state index < -0.39 is 12.1 Å². The lowest BCUT2D eigenvalue weighted by molar-refractivity contribution is -0.0745. The van der Waals surface area contributed by atoms with Crippen molar-refractivity contribution in [1.29, 1.82) is 0 Å². The second kappa shape index (κ2) is 7.73. The van der Waals surface area contributed by atoms with Gasteiger partial charge in [0.1, 0.15) is 5.75 Å². The molecule has 30 heavy (non-hydrogen) atoms. The summed E-state index contributed by atoms with van der Waals surface area (Å²) in [7, 11) is 0. The highest BCUT2D eigenvalue weighted by Gasteiger charge is 2.51. The zero-order valence-corrected chi connectivity index (χ0v) is 17.3. The second-order valence-corrected chi connectivity index (χ2v) is 10.00. The molecule has 0 radical (unpaired) electrons. The number of aromatic carboxylic acids is 1. The first-order valence-electron chi connectivity index (χ1n) is 11.2. The Kier molecular flexibility index (Phi) is 5.06. The summed E-state index contributed by atoms with van der Waals surface area (Å²) >= 11 is 0. The molecule has 1 atom stereocenters. The van der Waals surface area contributed by atoms with Crippen LogP contribution in [0.25, 0.3) is 0 Å². The summed E-state index contributed by atoms with van der Waals surface area (Å²) in [4.78, 5) is 11.0. The number of hydrogen-bond acceptors (Lipinski definition) is 3. The molecular formula is C26H30O4. The number of rotatable bonds is 7. The van der Waals surface area contributed by atoms with Crippen molar-refractivity contribution in [2.24, 2.45) is 23.2 Å². The molecule has 158 valence electrons. The molecule has 4 heteroatoms. The van der Waals surface area contributed by atoms with Crippen LogP contribution in [0.5, 0.6) is 5.75 Å². The van der Waals surface area contributed by atoms with E-state index in [0.717, 1.165) is 41.2 Å². The standard InChI is InChI=1S/C26H30O4/c27-24(12-17-1-3-22(4-2-17)25(28)29)21-5-7-23(8-6-21)30-16-26-13-18-9-19(14-26)11-20(10-18)15-26/h1-8,18-20,24,27H,9-16H2,(H,28,29). The molecule has 4 aliphatic rings. The number of carbonyl (C=O) groups is 1. The second-order valence-electron chi connectivity index (χ2n) is 10.00. The van der Waals surface area contributed by atoms with Gasteiger partial charge in [-0.1, -0.05) is 24.3 Å². The highest BCUT2D eigenvalue weighted by molar-refractivity contribution is 5.87. The fraction of sp³-hybridized carbons (Fsp3) is 0.500. The molecule has 0 amide bonds. The van der Waals surface area contributed by atoms with Gasteiger partial charge in [-0.15, -0.1) is 0 Å². The van der Waals surface area contributed by atoms with Crippen molar-refractivity contribution in [2.75, 3.05) is 6.61 Å². The number of ether oxygens (including phenoxy) is 1. The molecule has 4 fully saturated rings. The molecule has 2 N–H and O–H groups in total. The molecule has 4 aliphatic carbocycles. The topological polar surface area (TPSA) is 66.8 Å². The van der Waals surface area contributed by atoms with E-state index in [-0.39, 0.29) is 5.56 Å². The van der Waals surface area contributed by atoms with Crippen LogP contribution in [-0.4, -0.2) is 22.8 Å². The minimum Gasteiger partial charge on any atom is -0.493 e. The van der Waals surface area contributed by atoms with Crippen LogP contribution >= 0.6 is 0 Å². The van der Waals surface area contributed by atoms with Crippen molar-refractivity contribution in [3.63, 3.8) is 0 Å². The first kappa shape index (κ1) is 19.6. The van der Waals surface area contributed by atoms with Crippen LogP contribution in [0.2, 0.25) is 0 Å². The molecule has 2 aromatic carbocycles. The molecule has 1 unspecified atom stereocenters. The molecule has 0 heterocycles. The predicted octanol–water partition coefficient (Wildman–Crippen LogP) is 5.26. The van der Waals surface area contributed by atoms with Crippen LogP contribution < -0.4 is 4.74 Å². The molecule has 6 rings (SSSR count). The van der Waals surface area contributed by atoms with Gasteiger partial charge in [0.15, 0.2) is 0 Å². The molecule has 0 aliphatic heterocycles. The van der Waals surface area contributed by atoms with Gasteiger partial charge in [0, 0.05) is 11.8 Å². The molecular weight excluding hydrogens is 376 g/mol. The first-order chi connectivity index (χ1) is 14.5. The van der Waals surface area contributed by atoms with Crippen LogP contribution in [0.3, 0.4) is 0 Å². The van der Waals surface area contributed by atoms with Crippen LogP contribution in [0.4, 0.5) is 0 Å². The predicted molar refractivity (Wildman–Crippen MR) is 115 cm³/mol. The largest absolute Gasteiger partial charge is 0.493 e. The van der Waals surface area contributed by atoms with E-state index >= 15 is 0 Å². The molecule has 4 nitrogen and oxygen atoms in total. The maximum Gasteiger partial charge on any atom is 0.335 e. The lowest BCUT2D eigenvalue weighted by Gasteiger charge is -2.56. The number of carboxylic acid groups (broad SMARTS) is 1. The Balaban J connectivity index is 1.18. The SMILES string of the molecule is O=C(O)c1ccc(CC(O)c2ccc(OCC34CC5CC(CC(C5)C3)C4)cc2)cc1. The molecule has 0 aromatic heterocycles. The number of carboxylic acids is 1. The normalized spacial score (nSPS) is 30.2. The van der Waals surface area contributed by atoms with Crippen molar-refractivity contribution in [3.8, 4) is 5.75 Å². The lowest BCUT2D eigenvalue weighted by Crippen LogP contribution is -2.48. The minimum atomic E-state index is -0.939. The van der Waals surface area contributed by atoms with Gasteiger partial charge in [-0.25, -0.2) is 4.79 Å². The average molecular weight is 407 g/mol. The third-order valence-corrected chi connectivity index (χ3v) is 7.60. The van der Waals surface area contributed by atoms with Gasteiger partial charge in [0.2, 0.25) is 0 Å². The highest BCUT2D eigenvalue weighted by atomic mass is 16.5. The van der Waals surface area contributed by atoms with E-state index in [0.29, 0.717) is 11.8 Å². The summed E-state index contributed by atoms with van der Waals surface area (Å²) in [6, 6.07) is 14.5. The first-order valence-corrected chi connectivity index (χ1v) is 11.2. The zero-order valence-electron chi connectivity index (χ0n) is 17.3. The van der Waals surface area contributed by atoms with Crippen molar-refractivity contribution in [3.05, 3.63) is 65.2 Å². The quantitative estimate of drug-likeness (QED) is 0.658. The third kappa shape index (κ3) is 3.98. The summed E-state index contributed by atoms with van der Waals surface area (Å²) in [6.07, 6.45) is 8.20. The van der Waals surface area contributed by atoms with Crippen molar-refractivity contribution in [2.45, 2.75) is 51.0 Å². The van der Waals surface area contributed by atoms with Crippen molar-refractivity contribution >= 4 is 5.97 Å². The Morgan fingerprint density at radius 3 is 2.03 bits per heavy atom. The number of aliphatic hydroxyl groups is 1. The highest BCUT2D eigenvalue weighted by Crippen LogP contribution is 2.60. The van der Waals surface area contributed by atoms with Gasteiger partial charge >= 0.3 is 5.97 Å². The Labute approximate surface area is 177 Å². The van der Waals surface area contributed by atoms with Crippen LogP contribution in [0, 0.1) is 23.2 Å². The van der Waals surface area contributed by atoms with Gasteiger partial charge in [0.05, 0.1) is 18.3 Å². The van der Waals surface area contributed by atoms with Gasteiger partial charge in [-0.3, -0.25) is 0 Å². The maximum atomic E-state index is 11.0. The smallest absolute Gasteiger partial charge is 0.335 e. The number of hydrogen-bond donors (Lipinski definition) is 2.